The summed E-state index contributed by atoms with van der Waals surface area (Å²) in [6.07, 6.45) is 5.09. The van der Waals surface area contributed by atoms with E-state index in [0.29, 0.717) is 4.90 Å². The molecule has 2 aliphatic rings. The lowest BCUT2D eigenvalue weighted by Crippen LogP contribution is -2.33. The molecule has 27 heavy (non-hydrogen) atoms. The number of aryl methyl sites for hydroxylation is 1. The van der Waals surface area contributed by atoms with Crippen LogP contribution in [0.3, 0.4) is 0 Å². The number of benzene rings is 1. The van der Waals surface area contributed by atoms with Crippen LogP contribution in [0.15, 0.2) is 47.5 Å². The third-order valence-electron chi connectivity index (χ3n) is 5.18. The van der Waals surface area contributed by atoms with Gasteiger partial charge < -0.3 is 5.32 Å². The van der Waals surface area contributed by atoms with Gasteiger partial charge in [0, 0.05) is 19.2 Å². The second-order valence-corrected chi connectivity index (χ2v) is 9.15. The molecular formula is C20H23N3O3S. The molecule has 4 rings (SSSR count). The van der Waals surface area contributed by atoms with Crippen LogP contribution in [0.5, 0.6) is 0 Å². The molecule has 6 nitrogen and oxygen atoms in total. The van der Waals surface area contributed by atoms with Crippen LogP contribution >= 0.6 is 0 Å². The second kappa shape index (κ2) is 7.05. The van der Waals surface area contributed by atoms with E-state index in [-0.39, 0.29) is 24.5 Å². The van der Waals surface area contributed by atoms with E-state index in [9.17, 15) is 13.2 Å². The van der Waals surface area contributed by atoms with Crippen LogP contribution in [0.1, 0.15) is 49.0 Å². The zero-order chi connectivity index (χ0) is 19.0. The first-order valence-corrected chi connectivity index (χ1v) is 10.7. The van der Waals surface area contributed by atoms with Gasteiger partial charge in [-0.1, -0.05) is 12.1 Å². The SMILES string of the molecule is CC(=O)NC1CCc2ccc(S(=O)(=O)N(Cc3ccccn3)C3CC3)cc21. The summed E-state index contributed by atoms with van der Waals surface area (Å²) in [5, 5.41) is 2.92. The highest BCUT2D eigenvalue weighted by atomic mass is 32.2. The first-order valence-electron chi connectivity index (χ1n) is 9.27. The fourth-order valence-electron chi connectivity index (χ4n) is 3.70. The topological polar surface area (TPSA) is 79.4 Å². The third-order valence-corrected chi connectivity index (χ3v) is 7.07. The lowest BCUT2D eigenvalue weighted by atomic mass is 10.1. The summed E-state index contributed by atoms with van der Waals surface area (Å²) in [7, 11) is -3.63. The fourth-order valence-corrected chi connectivity index (χ4v) is 5.39. The molecule has 1 atom stereocenters. The molecule has 1 unspecified atom stereocenters. The van der Waals surface area contributed by atoms with E-state index < -0.39 is 10.0 Å². The van der Waals surface area contributed by atoms with E-state index >= 15 is 0 Å². The van der Waals surface area contributed by atoms with Gasteiger partial charge in [-0.2, -0.15) is 4.31 Å². The number of amides is 1. The first-order chi connectivity index (χ1) is 12.9. The number of nitrogens with one attached hydrogen (secondary N) is 1. The molecule has 0 aliphatic heterocycles. The number of aromatic nitrogens is 1. The Balaban J connectivity index is 1.65. The second-order valence-electron chi connectivity index (χ2n) is 7.25. The summed E-state index contributed by atoms with van der Waals surface area (Å²) in [6.45, 7) is 1.76. The predicted octanol–water partition coefficient (Wildman–Crippen LogP) is 2.56. The minimum atomic E-state index is -3.63. The van der Waals surface area contributed by atoms with E-state index in [2.05, 4.69) is 10.3 Å². The summed E-state index contributed by atoms with van der Waals surface area (Å²) in [5.74, 6) is -0.101. The van der Waals surface area contributed by atoms with Crippen molar-refractivity contribution < 1.29 is 13.2 Å². The molecule has 7 heteroatoms. The van der Waals surface area contributed by atoms with Crippen molar-refractivity contribution in [3.8, 4) is 0 Å². The minimum Gasteiger partial charge on any atom is -0.350 e. The number of rotatable bonds is 6. The van der Waals surface area contributed by atoms with Crippen molar-refractivity contribution in [1.29, 1.82) is 0 Å². The predicted molar refractivity (Wildman–Crippen MR) is 101 cm³/mol. The quantitative estimate of drug-likeness (QED) is 0.829. The summed E-state index contributed by atoms with van der Waals surface area (Å²) in [4.78, 5) is 16.0. The van der Waals surface area contributed by atoms with E-state index in [0.717, 1.165) is 42.5 Å². The number of hydrogen-bond donors (Lipinski definition) is 1. The molecule has 2 aliphatic carbocycles. The maximum absolute atomic E-state index is 13.4. The molecule has 0 radical (unpaired) electrons. The van der Waals surface area contributed by atoms with Gasteiger partial charge in [0.2, 0.25) is 15.9 Å². The largest absolute Gasteiger partial charge is 0.350 e. The molecular weight excluding hydrogens is 362 g/mol. The highest BCUT2D eigenvalue weighted by molar-refractivity contribution is 7.89. The van der Waals surface area contributed by atoms with E-state index in [4.69, 9.17) is 0 Å². The molecule has 1 N–H and O–H groups in total. The van der Waals surface area contributed by atoms with Gasteiger partial charge in [-0.25, -0.2) is 8.42 Å². The van der Waals surface area contributed by atoms with Crippen LogP contribution in [0.25, 0.3) is 0 Å². The summed E-state index contributed by atoms with van der Waals surface area (Å²) < 4.78 is 28.3. The number of carbonyl (C=O) groups excluding carboxylic acids is 1. The maximum atomic E-state index is 13.4. The smallest absolute Gasteiger partial charge is 0.243 e. The van der Waals surface area contributed by atoms with Crippen molar-refractivity contribution in [3.63, 3.8) is 0 Å². The molecule has 1 aromatic heterocycles. The van der Waals surface area contributed by atoms with Crippen molar-refractivity contribution in [2.24, 2.45) is 0 Å². The molecule has 142 valence electrons. The molecule has 0 saturated heterocycles. The zero-order valence-electron chi connectivity index (χ0n) is 15.3. The zero-order valence-corrected chi connectivity index (χ0v) is 16.1. The Morgan fingerprint density at radius 1 is 1.22 bits per heavy atom. The lowest BCUT2D eigenvalue weighted by Gasteiger charge is -2.22. The van der Waals surface area contributed by atoms with Gasteiger partial charge in [-0.3, -0.25) is 9.78 Å². The molecule has 1 saturated carbocycles. The molecule has 2 aromatic rings. The Morgan fingerprint density at radius 2 is 2.04 bits per heavy atom. The summed E-state index contributed by atoms with van der Waals surface area (Å²) in [6, 6.07) is 10.8. The van der Waals surface area contributed by atoms with Gasteiger partial charge in [0.1, 0.15) is 0 Å². The van der Waals surface area contributed by atoms with Crippen LogP contribution in [-0.4, -0.2) is 29.7 Å². The molecule has 1 amide bonds. The van der Waals surface area contributed by atoms with Gasteiger partial charge in [0.25, 0.3) is 0 Å². The Labute approximate surface area is 159 Å². The highest BCUT2D eigenvalue weighted by Crippen LogP contribution is 2.37. The monoisotopic (exact) mass is 385 g/mol. The fraction of sp³-hybridized carbons (Fsp3) is 0.400. The number of carbonyl (C=O) groups is 1. The number of pyridine rings is 1. The Hall–Kier alpha value is -2.25. The van der Waals surface area contributed by atoms with Gasteiger partial charge in [-0.05, 0) is 61.1 Å². The summed E-state index contributed by atoms with van der Waals surface area (Å²) in [5.41, 5.74) is 2.76. The molecule has 1 heterocycles. The first kappa shape index (κ1) is 18.1. The van der Waals surface area contributed by atoms with Crippen molar-refractivity contribution >= 4 is 15.9 Å². The van der Waals surface area contributed by atoms with E-state index in [1.54, 1.807) is 22.6 Å². The maximum Gasteiger partial charge on any atom is 0.243 e. The number of hydrogen-bond acceptors (Lipinski definition) is 4. The molecule has 1 fully saturated rings. The van der Waals surface area contributed by atoms with Gasteiger partial charge in [0.05, 0.1) is 23.2 Å². The van der Waals surface area contributed by atoms with Crippen molar-refractivity contribution in [2.45, 2.75) is 56.1 Å². The van der Waals surface area contributed by atoms with Crippen LogP contribution < -0.4 is 5.32 Å². The van der Waals surface area contributed by atoms with E-state index in [1.165, 1.54) is 6.92 Å². The number of fused-ring (bicyclic) bond motifs is 1. The normalized spacial score (nSPS) is 19.1. The Kier molecular flexibility index (Phi) is 4.74. The van der Waals surface area contributed by atoms with Gasteiger partial charge in [0.15, 0.2) is 0 Å². The van der Waals surface area contributed by atoms with Crippen LogP contribution in [0.4, 0.5) is 0 Å². The minimum absolute atomic E-state index is 0.0383. The standard InChI is InChI=1S/C20H23N3O3S/c1-14(24)22-20-10-6-15-5-9-18(12-19(15)20)27(25,26)23(17-7-8-17)13-16-4-2-3-11-21-16/h2-5,9,11-12,17,20H,6-8,10,13H2,1H3,(H,22,24). The number of nitrogens with zero attached hydrogens (tertiary/aromatic N) is 2. The Morgan fingerprint density at radius 3 is 2.70 bits per heavy atom. The van der Waals surface area contributed by atoms with Crippen LogP contribution in [0.2, 0.25) is 0 Å². The lowest BCUT2D eigenvalue weighted by molar-refractivity contribution is -0.119. The average Bonchev–Trinajstić information content (AvgIpc) is 3.41. The molecule has 0 bridgehead atoms. The molecule has 0 spiro atoms. The number of sulfonamides is 1. The van der Waals surface area contributed by atoms with Crippen molar-refractivity contribution in [1.82, 2.24) is 14.6 Å². The van der Waals surface area contributed by atoms with Crippen LogP contribution in [-0.2, 0) is 27.8 Å². The van der Waals surface area contributed by atoms with Crippen molar-refractivity contribution in [3.05, 3.63) is 59.4 Å². The van der Waals surface area contributed by atoms with E-state index in [1.807, 2.05) is 24.3 Å². The average molecular weight is 385 g/mol. The molecule has 1 aromatic carbocycles. The van der Waals surface area contributed by atoms with Crippen molar-refractivity contribution in [2.75, 3.05) is 0 Å². The third kappa shape index (κ3) is 3.75. The Bertz CT molecular complexity index is 956. The summed E-state index contributed by atoms with van der Waals surface area (Å²) >= 11 is 0. The van der Waals surface area contributed by atoms with Gasteiger partial charge >= 0.3 is 0 Å². The van der Waals surface area contributed by atoms with Crippen LogP contribution in [0, 0.1) is 0 Å². The van der Waals surface area contributed by atoms with Gasteiger partial charge in [-0.15, -0.1) is 0 Å². The highest BCUT2D eigenvalue weighted by Gasteiger charge is 2.39.